The summed E-state index contributed by atoms with van der Waals surface area (Å²) < 4.78 is 9.76. The number of carbonyl (C=O) groups excluding carboxylic acids is 2. The van der Waals surface area contributed by atoms with Crippen LogP contribution in [0.1, 0.15) is 19.4 Å². The lowest BCUT2D eigenvalue weighted by atomic mass is 10.2. The van der Waals surface area contributed by atoms with E-state index in [1.165, 1.54) is 19.9 Å². The molecule has 0 unspecified atom stereocenters. The molecule has 0 N–H and O–H groups in total. The summed E-state index contributed by atoms with van der Waals surface area (Å²) in [6, 6.07) is 4.59. The van der Waals surface area contributed by atoms with Gasteiger partial charge in [-0.3, -0.25) is 9.59 Å². The van der Waals surface area contributed by atoms with E-state index in [0.29, 0.717) is 5.56 Å². The number of ether oxygens (including phenoxy) is 2. The lowest BCUT2D eigenvalue weighted by Crippen LogP contribution is -2.04. The minimum absolute atomic E-state index is 0.289. The second-order valence-electron chi connectivity index (χ2n) is 3.06. The van der Waals surface area contributed by atoms with E-state index < -0.39 is 11.9 Å². The zero-order valence-electron chi connectivity index (χ0n) is 9.07. The zero-order valence-corrected chi connectivity index (χ0v) is 9.07. The van der Waals surface area contributed by atoms with Crippen LogP contribution in [0.15, 0.2) is 24.8 Å². The van der Waals surface area contributed by atoms with Crippen molar-refractivity contribution in [3.63, 3.8) is 0 Å². The van der Waals surface area contributed by atoms with Crippen LogP contribution in [0.4, 0.5) is 0 Å². The van der Waals surface area contributed by atoms with Crippen LogP contribution in [0.3, 0.4) is 0 Å². The summed E-state index contributed by atoms with van der Waals surface area (Å²) in [4.78, 5) is 21.6. The minimum atomic E-state index is -0.449. The molecule has 0 fully saturated rings. The molecule has 4 heteroatoms. The van der Waals surface area contributed by atoms with Crippen LogP contribution < -0.4 is 9.47 Å². The molecule has 1 aromatic rings. The van der Waals surface area contributed by atoms with Gasteiger partial charge in [-0.2, -0.15) is 0 Å². The van der Waals surface area contributed by atoms with Gasteiger partial charge in [0.15, 0.2) is 0 Å². The molecule has 16 heavy (non-hydrogen) atoms. The minimum Gasteiger partial charge on any atom is -0.427 e. The molecule has 0 atom stereocenters. The summed E-state index contributed by atoms with van der Waals surface area (Å²) in [6.45, 7) is 6.04. The Balaban J connectivity index is 3.04. The molecule has 0 spiro atoms. The number of esters is 2. The number of benzene rings is 1. The molecule has 83 valence electrons. The van der Waals surface area contributed by atoms with Gasteiger partial charge >= 0.3 is 11.9 Å². The van der Waals surface area contributed by atoms with Crippen LogP contribution in [-0.2, 0) is 9.59 Å². The van der Waals surface area contributed by atoms with Crippen LogP contribution in [0.5, 0.6) is 11.5 Å². The quantitative estimate of drug-likeness (QED) is 0.575. The molecule has 1 radical (unpaired) electrons. The molecular weight excluding hydrogens is 208 g/mol. The maximum atomic E-state index is 10.8. The third-order valence-corrected chi connectivity index (χ3v) is 1.61. The SMILES string of the molecule is C=[C]c1cc(OC(C)=O)cc(OC(C)=O)c1. The summed E-state index contributed by atoms with van der Waals surface area (Å²) in [7, 11) is 0. The average Bonchev–Trinajstić information content (AvgIpc) is 2.14. The fraction of sp³-hybridized carbons (Fsp3) is 0.167. The average molecular weight is 219 g/mol. The molecule has 0 aliphatic rings. The maximum absolute atomic E-state index is 10.8. The van der Waals surface area contributed by atoms with E-state index in [-0.39, 0.29) is 11.5 Å². The molecular formula is C12H11O4. The van der Waals surface area contributed by atoms with E-state index in [4.69, 9.17) is 9.47 Å². The topological polar surface area (TPSA) is 52.6 Å². The van der Waals surface area contributed by atoms with Gasteiger partial charge in [-0.15, -0.1) is 0 Å². The van der Waals surface area contributed by atoms with Gasteiger partial charge in [0.2, 0.25) is 0 Å². The number of hydrogen-bond donors (Lipinski definition) is 0. The molecule has 0 aliphatic carbocycles. The van der Waals surface area contributed by atoms with E-state index in [1.807, 2.05) is 0 Å². The Morgan fingerprint density at radius 3 is 1.81 bits per heavy atom. The molecule has 0 bridgehead atoms. The highest BCUT2D eigenvalue weighted by atomic mass is 16.5. The smallest absolute Gasteiger partial charge is 0.308 e. The fourth-order valence-electron chi connectivity index (χ4n) is 1.12. The van der Waals surface area contributed by atoms with Crippen LogP contribution in [0, 0.1) is 6.08 Å². The van der Waals surface area contributed by atoms with Crippen molar-refractivity contribution in [1.82, 2.24) is 0 Å². The Labute approximate surface area is 93.5 Å². The summed E-state index contributed by atoms with van der Waals surface area (Å²) in [6.07, 6.45) is 2.62. The van der Waals surface area contributed by atoms with Crippen molar-refractivity contribution in [3.8, 4) is 11.5 Å². The largest absolute Gasteiger partial charge is 0.427 e. The van der Waals surface area contributed by atoms with Crippen LogP contribution in [-0.4, -0.2) is 11.9 Å². The first-order valence-corrected chi connectivity index (χ1v) is 4.56. The van der Waals surface area contributed by atoms with Gasteiger partial charge in [0.25, 0.3) is 0 Å². The molecule has 1 rings (SSSR count). The molecule has 1 aromatic carbocycles. The second kappa shape index (κ2) is 5.11. The van der Waals surface area contributed by atoms with E-state index in [2.05, 4.69) is 12.7 Å². The first kappa shape index (κ1) is 12.0. The summed E-state index contributed by atoms with van der Waals surface area (Å²) in [5.74, 6) is -0.320. The summed E-state index contributed by atoms with van der Waals surface area (Å²) >= 11 is 0. The molecule has 0 saturated carbocycles. The summed E-state index contributed by atoms with van der Waals surface area (Å²) in [5, 5.41) is 0. The second-order valence-corrected chi connectivity index (χ2v) is 3.06. The Hall–Kier alpha value is -2.10. The van der Waals surface area contributed by atoms with Gasteiger partial charge in [0, 0.05) is 19.9 Å². The molecule has 0 heterocycles. The third-order valence-electron chi connectivity index (χ3n) is 1.61. The highest BCUT2D eigenvalue weighted by Gasteiger charge is 2.05. The fourth-order valence-corrected chi connectivity index (χ4v) is 1.12. The summed E-state index contributed by atoms with van der Waals surface area (Å²) in [5.41, 5.74) is 0.579. The van der Waals surface area contributed by atoms with Crippen LogP contribution >= 0.6 is 0 Å². The van der Waals surface area contributed by atoms with E-state index >= 15 is 0 Å². The first-order chi connectivity index (χ1) is 7.51. The van der Waals surface area contributed by atoms with Crippen molar-refractivity contribution in [1.29, 1.82) is 0 Å². The van der Waals surface area contributed by atoms with Crippen LogP contribution in [0.2, 0.25) is 0 Å². The predicted octanol–water partition coefficient (Wildman–Crippen LogP) is 1.87. The van der Waals surface area contributed by atoms with Gasteiger partial charge in [0.05, 0.1) is 0 Å². The standard InChI is InChI=1S/C12H11O4/c1-4-10-5-11(15-8(2)13)7-12(6-10)16-9(3)14/h5-7H,1H2,2-3H3. The van der Waals surface area contributed by atoms with Crippen molar-refractivity contribution in [3.05, 3.63) is 36.4 Å². The first-order valence-electron chi connectivity index (χ1n) is 4.56. The molecule has 0 saturated heterocycles. The van der Waals surface area contributed by atoms with E-state index in [1.54, 1.807) is 12.1 Å². The molecule has 4 nitrogen and oxygen atoms in total. The van der Waals surface area contributed by atoms with Crippen molar-refractivity contribution in [2.75, 3.05) is 0 Å². The van der Waals surface area contributed by atoms with Crippen molar-refractivity contribution >= 4 is 11.9 Å². The van der Waals surface area contributed by atoms with Crippen LogP contribution in [0.25, 0.3) is 0 Å². The predicted molar refractivity (Wildman–Crippen MR) is 57.0 cm³/mol. The van der Waals surface area contributed by atoms with Crippen molar-refractivity contribution < 1.29 is 19.1 Å². The highest BCUT2D eigenvalue weighted by Crippen LogP contribution is 2.23. The van der Waals surface area contributed by atoms with Gasteiger partial charge in [0.1, 0.15) is 11.5 Å². The normalized spacial score (nSPS) is 9.38. The maximum Gasteiger partial charge on any atom is 0.308 e. The lowest BCUT2D eigenvalue weighted by Gasteiger charge is -2.06. The van der Waals surface area contributed by atoms with E-state index in [0.717, 1.165) is 0 Å². The van der Waals surface area contributed by atoms with Crippen molar-refractivity contribution in [2.45, 2.75) is 13.8 Å². The van der Waals surface area contributed by atoms with Crippen molar-refractivity contribution in [2.24, 2.45) is 0 Å². The Morgan fingerprint density at radius 1 is 1.06 bits per heavy atom. The molecule has 0 aliphatic heterocycles. The third kappa shape index (κ3) is 3.57. The van der Waals surface area contributed by atoms with Gasteiger partial charge < -0.3 is 9.47 Å². The van der Waals surface area contributed by atoms with Gasteiger partial charge in [-0.25, -0.2) is 0 Å². The van der Waals surface area contributed by atoms with E-state index in [9.17, 15) is 9.59 Å². The Morgan fingerprint density at radius 2 is 1.50 bits per heavy atom. The number of rotatable bonds is 3. The number of carbonyl (C=O) groups is 2. The lowest BCUT2D eigenvalue weighted by molar-refractivity contribution is -0.132. The Bertz CT molecular complexity index is 400. The monoisotopic (exact) mass is 219 g/mol. The number of hydrogen-bond acceptors (Lipinski definition) is 4. The van der Waals surface area contributed by atoms with Gasteiger partial charge in [-0.05, 0) is 23.8 Å². The molecule has 0 amide bonds. The highest BCUT2D eigenvalue weighted by molar-refractivity contribution is 5.71. The molecule has 0 aromatic heterocycles. The Kier molecular flexibility index (Phi) is 3.83. The van der Waals surface area contributed by atoms with Gasteiger partial charge in [-0.1, -0.05) is 6.58 Å². The zero-order chi connectivity index (χ0) is 12.1.